The molecule has 1 aromatic carbocycles. The first-order chi connectivity index (χ1) is 12.6. The molecule has 144 valence electrons. The molecule has 0 N–H and O–H groups in total. The van der Waals surface area contributed by atoms with Crippen molar-refractivity contribution in [2.75, 3.05) is 31.1 Å². The van der Waals surface area contributed by atoms with Gasteiger partial charge in [0.1, 0.15) is 16.6 Å². The molecule has 0 saturated carbocycles. The van der Waals surface area contributed by atoms with Crippen LogP contribution < -0.4 is 4.90 Å². The van der Waals surface area contributed by atoms with Gasteiger partial charge in [0.05, 0.1) is 4.90 Å². The number of hydrogen-bond acceptors (Lipinski definition) is 6. The van der Waals surface area contributed by atoms with E-state index in [9.17, 15) is 13.7 Å². The van der Waals surface area contributed by atoms with Crippen LogP contribution in [-0.2, 0) is 15.4 Å². The number of aromatic nitrogens is 1. The smallest absolute Gasteiger partial charge is 0.243 e. The lowest BCUT2D eigenvalue weighted by Gasteiger charge is -2.34. The van der Waals surface area contributed by atoms with Gasteiger partial charge in [0.2, 0.25) is 10.0 Å². The van der Waals surface area contributed by atoms with E-state index in [1.807, 2.05) is 17.0 Å². The molecule has 0 amide bonds. The topological polar surface area (TPSA) is 77.3 Å². The molecule has 0 atom stereocenters. The number of hydrogen-bond donors (Lipinski definition) is 0. The first-order valence-electron chi connectivity index (χ1n) is 8.55. The Morgan fingerprint density at radius 3 is 2.26 bits per heavy atom. The molecule has 0 spiro atoms. The largest absolute Gasteiger partial charge is 0.358 e. The van der Waals surface area contributed by atoms with E-state index in [1.54, 1.807) is 12.1 Å². The van der Waals surface area contributed by atoms with E-state index in [0.717, 1.165) is 5.56 Å². The molecule has 2 heterocycles. The maximum Gasteiger partial charge on any atom is 0.243 e. The lowest BCUT2D eigenvalue weighted by atomic mass is 9.87. The number of halogens is 1. The molecule has 27 heavy (non-hydrogen) atoms. The Bertz CT molecular complexity index is 964. The molecule has 1 aliphatic heterocycles. The Balaban J connectivity index is 1.74. The Hall–Kier alpha value is -1.66. The highest BCUT2D eigenvalue weighted by Crippen LogP contribution is 2.32. The summed E-state index contributed by atoms with van der Waals surface area (Å²) >= 11 is 7.10. The third kappa shape index (κ3) is 3.97. The van der Waals surface area contributed by atoms with Crippen LogP contribution in [-0.4, -0.2) is 43.3 Å². The van der Waals surface area contributed by atoms with Crippen molar-refractivity contribution in [3.63, 3.8) is 0 Å². The van der Waals surface area contributed by atoms with E-state index >= 15 is 0 Å². The van der Waals surface area contributed by atoms with Crippen molar-refractivity contribution >= 4 is 38.2 Å². The van der Waals surface area contributed by atoms with Gasteiger partial charge >= 0.3 is 0 Å². The van der Waals surface area contributed by atoms with Crippen molar-refractivity contribution in [3.05, 3.63) is 40.5 Å². The van der Waals surface area contributed by atoms with E-state index in [4.69, 9.17) is 11.6 Å². The number of piperazine rings is 1. The minimum atomic E-state index is -3.54. The van der Waals surface area contributed by atoms with Crippen LogP contribution in [0, 0.1) is 11.3 Å². The van der Waals surface area contributed by atoms with Gasteiger partial charge in [-0.1, -0.05) is 44.5 Å². The Morgan fingerprint density at radius 1 is 1.15 bits per heavy atom. The predicted molar refractivity (Wildman–Crippen MR) is 108 cm³/mol. The lowest BCUT2D eigenvalue weighted by molar-refractivity contribution is 0.385. The predicted octanol–water partition coefficient (Wildman–Crippen LogP) is 3.48. The summed E-state index contributed by atoms with van der Waals surface area (Å²) in [6, 6.07) is 9.18. The number of nitrogens with zero attached hydrogens (tertiary/aromatic N) is 4. The molecular formula is C18H21ClN4O2S2. The fraction of sp³-hybridized carbons (Fsp3) is 0.444. The summed E-state index contributed by atoms with van der Waals surface area (Å²) in [5.41, 5.74) is 1.43. The van der Waals surface area contributed by atoms with Crippen LogP contribution in [0.4, 0.5) is 5.00 Å². The van der Waals surface area contributed by atoms with Crippen LogP contribution in [0.1, 0.15) is 31.9 Å². The van der Waals surface area contributed by atoms with Gasteiger partial charge in [0.25, 0.3) is 0 Å². The highest BCUT2D eigenvalue weighted by Gasteiger charge is 2.30. The first-order valence-corrected chi connectivity index (χ1v) is 11.1. The minimum Gasteiger partial charge on any atom is -0.358 e. The van der Waals surface area contributed by atoms with Gasteiger partial charge in [0.15, 0.2) is 5.15 Å². The molecule has 0 radical (unpaired) electrons. The van der Waals surface area contributed by atoms with Gasteiger partial charge in [0, 0.05) is 26.2 Å². The van der Waals surface area contributed by atoms with E-state index in [-0.39, 0.29) is 10.6 Å². The summed E-state index contributed by atoms with van der Waals surface area (Å²) in [7, 11) is -3.54. The first kappa shape index (κ1) is 20.1. The van der Waals surface area contributed by atoms with Gasteiger partial charge < -0.3 is 4.90 Å². The van der Waals surface area contributed by atoms with E-state index in [2.05, 4.69) is 31.2 Å². The van der Waals surface area contributed by atoms with Crippen LogP contribution >= 0.6 is 23.1 Å². The number of anilines is 1. The fourth-order valence-electron chi connectivity index (χ4n) is 2.98. The zero-order valence-corrected chi connectivity index (χ0v) is 17.8. The van der Waals surface area contributed by atoms with Crippen LogP contribution in [0.15, 0.2) is 29.2 Å². The molecule has 0 unspecified atom stereocenters. The number of nitriles is 1. The maximum atomic E-state index is 12.9. The summed E-state index contributed by atoms with van der Waals surface area (Å²) in [5, 5.41) is 10.1. The molecule has 2 aromatic rings. The molecular weight excluding hydrogens is 404 g/mol. The third-order valence-corrected chi connectivity index (χ3v) is 7.82. The average Bonchev–Trinajstić information content (AvgIpc) is 3.01. The van der Waals surface area contributed by atoms with Gasteiger partial charge in [-0.2, -0.15) is 13.9 Å². The third-order valence-electron chi connectivity index (χ3n) is 4.63. The van der Waals surface area contributed by atoms with E-state index < -0.39 is 10.0 Å². The molecule has 1 fully saturated rings. The van der Waals surface area contributed by atoms with Gasteiger partial charge in [-0.25, -0.2) is 8.42 Å². The maximum absolute atomic E-state index is 12.9. The number of sulfonamides is 1. The SMILES string of the molecule is CC(C)(C)c1ccc(S(=O)(=O)N2CCN(c3snc(Cl)c3C#N)CC2)cc1. The summed E-state index contributed by atoms with van der Waals surface area (Å²) in [6.45, 7) is 7.97. The summed E-state index contributed by atoms with van der Waals surface area (Å²) in [5.74, 6) is 0. The van der Waals surface area contributed by atoms with Crippen LogP contribution in [0.3, 0.4) is 0 Å². The molecule has 3 rings (SSSR count). The number of benzene rings is 1. The molecule has 1 saturated heterocycles. The van der Waals surface area contributed by atoms with Crippen molar-refractivity contribution in [1.82, 2.24) is 8.68 Å². The normalized spacial score (nSPS) is 16.3. The fourth-order valence-corrected chi connectivity index (χ4v) is 5.48. The zero-order chi connectivity index (χ0) is 19.8. The Morgan fingerprint density at radius 2 is 1.74 bits per heavy atom. The van der Waals surface area contributed by atoms with Crippen molar-refractivity contribution < 1.29 is 8.42 Å². The van der Waals surface area contributed by atoms with Crippen LogP contribution in [0.2, 0.25) is 5.15 Å². The number of rotatable bonds is 3. The lowest BCUT2D eigenvalue weighted by Crippen LogP contribution is -2.48. The van der Waals surface area contributed by atoms with E-state index in [1.165, 1.54) is 15.8 Å². The second-order valence-corrected chi connectivity index (χ2v) is 10.5. The monoisotopic (exact) mass is 424 g/mol. The minimum absolute atomic E-state index is 0.0254. The van der Waals surface area contributed by atoms with Gasteiger partial charge in [-0.05, 0) is 34.6 Å². The zero-order valence-electron chi connectivity index (χ0n) is 15.4. The molecule has 0 aliphatic carbocycles. The second kappa shape index (κ2) is 7.40. The van der Waals surface area contributed by atoms with Crippen molar-refractivity contribution in [2.24, 2.45) is 0 Å². The second-order valence-electron chi connectivity index (χ2n) is 7.43. The molecule has 1 aliphatic rings. The quantitative estimate of drug-likeness (QED) is 0.753. The van der Waals surface area contributed by atoms with Crippen LogP contribution in [0.5, 0.6) is 0 Å². The Kier molecular flexibility index (Phi) is 5.50. The van der Waals surface area contributed by atoms with Gasteiger partial charge in [-0.15, -0.1) is 0 Å². The standard InChI is InChI=1S/C18H21ClN4O2S2/c1-18(2,3)13-4-6-14(7-5-13)27(24,25)23-10-8-22(9-11-23)17-15(12-20)16(19)21-26-17/h4-7H,8-11H2,1-3H3. The Labute approximate surface area is 169 Å². The molecule has 6 nitrogen and oxygen atoms in total. The van der Waals surface area contributed by atoms with Crippen molar-refractivity contribution in [1.29, 1.82) is 5.26 Å². The molecule has 0 bridgehead atoms. The molecule has 1 aromatic heterocycles. The summed E-state index contributed by atoms with van der Waals surface area (Å²) < 4.78 is 31.4. The average molecular weight is 425 g/mol. The summed E-state index contributed by atoms with van der Waals surface area (Å²) in [4.78, 5) is 2.28. The van der Waals surface area contributed by atoms with Crippen LogP contribution in [0.25, 0.3) is 0 Å². The van der Waals surface area contributed by atoms with Gasteiger partial charge in [-0.3, -0.25) is 0 Å². The molecule has 9 heteroatoms. The highest BCUT2D eigenvalue weighted by molar-refractivity contribution is 7.89. The van der Waals surface area contributed by atoms with Crippen molar-refractivity contribution in [2.45, 2.75) is 31.1 Å². The van der Waals surface area contributed by atoms with E-state index in [0.29, 0.717) is 41.6 Å². The highest BCUT2D eigenvalue weighted by atomic mass is 35.5. The summed E-state index contributed by atoms with van der Waals surface area (Å²) in [6.07, 6.45) is 0. The van der Waals surface area contributed by atoms with Crippen molar-refractivity contribution in [3.8, 4) is 6.07 Å².